The molecule has 88 valence electrons. The van der Waals surface area contributed by atoms with Gasteiger partial charge in [-0.15, -0.1) is 0 Å². The highest BCUT2D eigenvalue weighted by Crippen LogP contribution is 1.96. The first kappa shape index (κ1) is 14.0. The van der Waals surface area contributed by atoms with Crippen molar-refractivity contribution in [2.24, 2.45) is 5.73 Å². The molecule has 0 aromatic heterocycles. The fourth-order valence-corrected chi connectivity index (χ4v) is 0.867. The third-order valence-electron chi connectivity index (χ3n) is 1.80. The number of esters is 1. The van der Waals surface area contributed by atoms with Gasteiger partial charge in [-0.1, -0.05) is 32.8 Å². The van der Waals surface area contributed by atoms with Crippen molar-refractivity contribution in [3.8, 4) is 0 Å². The van der Waals surface area contributed by atoms with E-state index in [2.05, 4.69) is 6.92 Å². The van der Waals surface area contributed by atoms with Crippen LogP contribution in [0.25, 0.3) is 0 Å². The molecule has 0 amide bonds. The maximum absolute atomic E-state index is 11.2. The minimum Gasteiger partial charge on any atom is -0.434 e. The number of allylic oxidation sites excluding steroid dienone is 1. The summed E-state index contributed by atoms with van der Waals surface area (Å²) >= 11 is 0. The first-order chi connectivity index (χ1) is 7.22. The standard InChI is InChI=1S/C11H21NO3/c1-3-5-7-10(12)11(13)15-9-14-8-6-4-2/h7H,3-6,8-9,12H2,1-2H3/b10-7-. The van der Waals surface area contributed by atoms with E-state index in [1.165, 1.54) is 0 Å². The fourth-order valence-electron chi connectivity index (χ4n) is 0.867. The van der Waals surface area contributed by atoms with Crippen molar-refractivity contribution >= 4 is 5.97 Å². The maximum atomic E-state index is 11.2. The van der Waals surface area contributed by atoms with Gasteiger partial charge in [0.1, 0.15) is 5.70 Å². The van der Waals surface area contributed by atoms with Crippen molar-refractivity contribution < 1.29 is 14.3 Å². The monoisotopic (exact) mass is 215 g/mol. The van der Waals surface area contributed by atoms with Gasteiger partial charge in [-0.3, -0.25) is 0 Å². The third kappa shape index (κ3) is 8.00. The van der Waals surface area contributed by atoms with Crippen LogP contribution in [0.4, 0.5) is 0 Å². The summed E-state index contributed by atoms with van der Waals surface area (Å²) in [7, 11) is 0. The largest absolute Gasteiger partial charge is 0.434 e. The molecule has 0 aliphatic carbocycles. The molecule has 0 aliphatic rings. The van der Waals surface area contributed by atoms with Crippen molar-refractivity contribution in [1.29, 1.82) is 0 Å². The van der Waals surface area contributed by atoms with Gasteiger partial charge in [0.25, 0.3) is 0 Å². The smallest absolute Gasteiger partial charge is 0.355 e. The second kappa shape index (κ2) is 9.52. The molecule has 0 radical (unpaired) electrons. The number of hydrogen-bond donors (Lipinski definition) is 1. The van der Waals surface area contributed by atoms with Crippen LogP contribution in [0.5, 0.6) is 0 Å². The molecule has 0 spiro atoms. The summed E-state index contributed by atoms with van der Waals surface area (Å²) in [4.78, 5) is 11.2. The lowest BCUT2D eigenvalue weighted by molar-refractivity contribution is -0.151. The lowest BCUT2D eigenvalue weighted by atomic mass is 10.3. The molecule has 0 unspecified atom stereocenters. The van der Waals surface area contributed by atoms with Crippen molar-refractivity contribution in [2.45, 2.75) is 39.5 Å². The molecule has 0 heterocycles. The number of unbranched alkanes of at least 4 members (excludes halogenated alkanes) is 2. The van der Waals surface area contributed by atoms with Crippen LogP contribution in [0.3, 0.4) is 0 Å². The summed E-state index contributed by atoms with van der Waals surface area (Å²) in [5.41, 5.74) is 5.64. The Kier molecular flexibility index (Phi) is 8.87. The zero-order valence-electron chi connectivity index (χ0n) is 9.62. The lowest BCUT2D eigenvalue weighted by Crippen LogP contribution is -2.16. The van der Waals surface area contributed by atoms with Crippen LogP contribution in [0.15, 0.2) is 11.8 Å². The predicted octanol–water partition coefficient (Wildman–Crippen LogP) is 1.95. The van der Waals surface area contributed by atoms with Crippen LogP contribution in [0.2, 0.25) is 0 Å². The number of carbonyl (C=O) groups is 1. The van der Waals surface area contributed by atoms with Crippen molar-refractivity contribution in [3.05, 3.63) is 11.8 Å². The van der Waals surface area contributed by atoms with E-state index in [0.717, 1.165) is 25.7 Å². The minimum absolute atomic E-state index is 0.0144. The van der Waals surface area contributed by atoms with Crippen molar-refractivity contribution in [3.63, 3.8) is 0 Å². The van der Waals surface area contributed by atoms with E-state index in [1.807, 2.05) is 6.92 Å². The van der Waals surface area contributed by atoms with E-state index >= 15 is 0 Å². The summed E-state index contributed by atoms with van der Waals surface area (Å²) in [6.07, 6.45) is 5.46. The normalized spacial score (nSPS) is 11.5. The Labute approximate surface area is 91.4 Å². The van der Waals surface area contributed by atoms with E-state index in [4.69, 9.17) is 15.2 Å². The summed E-state index contributed by atoms with van der Waals surface area (Å²) < 4.78 is 9.87. The quantitative estimate of drug-likeness (QED) is 0.291. The Morgan fingerprint density at radius 3 is 2.67 bits per heavy atom. The van der Waals surface area contributed by atoms with E-state index in [1.54, 1.807) is 6.08 Å². The molecule has 0 bridgehead atoms. The molecule has 0 aliphatic heterocycles. The molecule has 15 heavy (non-hydrogen) atoms. The molecule has 4 nitrogen and oxygen atoms in total. The van der Waals surface area contributed by atoms with Crippen LogP contribution < -0.4 is 5.73 Å². The molecule has 2 N–H and O–H groups in total. The third-order valence-corrected chi connectivity index (χ3v) is 1.80. The van der Waals surface area contributed by atoms with Gasteiger partial charge in [0.2, 0.25) is 0 Å². The zero-order chi connectivity index (χ0) is 11.5. The Hall–Kier alpha value is -1.03. The molecule has 0 fully saturated rings. The first-order valence-corrected chi connectivity index (χ1v) is 5.42. The second-order valence-corrected chi connectivity index (χ2v) is 3.26. The molecular formula is C11H21NO3. The number of nitrogens with two attached hydrogens (primary N) is 1. The number of hydrogen-bond acceptors (Lipinski definition) is 4. The SMILES string of the molecule is CCC/C=C(\N)C(=O)OCOCCCC. The molecule has 0 rings (SSSR count). The molecule has 0 saturated carbocycles. The Morgan fingerprint density at radius 2 is 2.07 bits per heavy atom. The van der Waals surface area contributed by atoms with E-state index in [0.29, 0.717) is 6.61 Å². The summed E-state index contributed by atoms with van der Waals surface area (Å²) in [6.45, 7) is 4.69. The molecular weight excluding hydrogens is 194 g/mol. The van der Waals surface area contributed by atoms with Gasteiger partial charge in [0.05, 0.1) is 6.61 Å². The lowest BCUT2D eigenvalue weighted by Gasteiger charge is -2.05. The zero-order valence-corrected chi connectivity index (χ0v) is 9.62. The van der Waals surface area contributed by atoms with Crippen LogP contribution in [-0.4, -0.2) is 19.4 Å². The molecule has 0 aromatic rings. The van der Waals surface area contributed by atoms with Gasteiger partial charge in [-0.05, 0) is 12.8 Å². The van der Waals surface area contributed by atoms with E-state index in [9.17, 15) is 4.79 Å². The predicted molar refractivity (Wildman–Crippen MR) is 59.0 cm³/mol. The number of carbonyl (C=O) groups excluding carboxylic acids is 1. The highest BCUT2D eigenvalue weighted by molar-refractivity contribution is 5.87. The molecule has 4 heteroatoms. The van der Waals surface area contributed by atoms with Gasteiger partial charge >= 0.3 is 5.97 Å². The summed E-state index contributed by atoms with van der Waals surface area (Å²) in [5, 5.41) is 0. The number of rotatable bonds is 8. The highest BCUT2D eigenvalue weighted by Gasteiger charge is 2.05. The second-order valence-electron chi connectivity index (χ2n) is 3.26. The van der Waals surface area contributed by atoms with E-state index in [-0.39, 0.29) is 12.5 Å². The van der Waals surface area contributed by atoms with E-state index < -0.39 is 5.97 Å². The van der Waals surface area contributed by atoms with Gasteiger partial charge in [0, 0.05) is 0 Å². The summed E-state index contributed by atoms with van der Waals surface area (Å²) in [6, 6.07) is 0. The van der Waals surface area contributed by atoms with Crippen molar-refractivity contribution in [1.82, 2.24) is 0 Å². The Bertz CT molecular complexity index is 202. The molecule has 0 saturated heterocycles. The van der Waals surface area contributed by atoms with Crippen LogP contribution in [0.1, 0.15) is 39.5 Å². The summed E-state index contributed by atoms with van der Waals surface area (Å²) in [5.74, 6) is -0.500. The van der Waals surface area contributed by atoms with Gasteiger partial charge in [-0.2, -0.15) is 0 Å². The highest BCUT2D eigenvalue weighted by atomic mass is 16.7. The van der Waals surface area contributed by atoms with Gasteiger partial charge in [0.15, 0.2) is 6.79 Å². The topological polar surface area (TPSA) is 61.6 Å². The molecule has 0 atom stereocenters. The van der Waals surface area contributed by atoms with Crippen molar-refractivity contribution in [2.75, 3.05) is 13.4 Å². The number of ether oxygens (including phenoxy) is 2. The van der Waals surface area contributed by atoms with Gasteiger partial charge in [-0.25, -0.2) is 4.79 Å². The average Bonchev–Trinajstić information content (AvgIpc) is 2.25. The van der Waals surface area contributed by atoms with Crippen LogP contribution in [0, 0.1) is 0 Å². The first-order valence-electron chi connectivity index (χ1n) is 5.42. The molecule has 0 aromatic carbocycles. The Balaban J connectivity index is 3.55. The fraction of sp³-hybridized carbons (Fsp3) is 0.727. The van der Waals surface area contributed by atoms with Crippen LogP contribution in [-0.2, 0) is 14.3 Å². The minimum atomic E-state index is -0.500. The Morgan fingerprint density at radius 1 is 1.33 bits per heavy atom. The maximum Gasteiger partial charge on any atom is 0.355 e. The average molecular weight is 215 g/mol. The van der Waals surface area contributed by atoms with Crippen LogP contribution >= 0.6 is 0 Å². The van der Waals surface area contributed by atoms with Gasteiger partial charge < -0.3 is 15.2 Å².